The van der Waals surface area contributed by atoms with Gasteiger partial charge >= 0.3 is 0 Å². The van der Waals surface area contributed by atoms with Crippen molar-refractivity contribution < 1.29 is 4.74 Å². The molecular weight excluding hydrogens is 218 g/mol. The smallest absolute Gasteiger partial charge is 0.239 e. The van der Waals surface area contributed by atoms with Gasteiger partial charge in [0.25, 0.3) is 0 Å². The van der Waals surface area contributed by atoms with Crippen LogP contribution in [0.3, 0.4) is 0 Å². The van der Waals surface area contributed by atoms with Crippen molar-refractivity contribution in [3.8, 4) is 0 Å². The van der Waals surface area contributed by atoms with E-state index < -0.39 is 0 Å². The number of hydrogen-bond donors (Lipinski definition) is 3. The summed E-state index contributed by atoms with van der Waals surface area (Å²) in [6, 6.07) is 2.23. The van der Waals surface area contributed by atoms with Crippen LogP contribution in [0.25, 0.3) is 0 Å². The summed E-state index contributed by atoms with van der Waals surface area (Å²) >= 11 is 0. The lowest BCUT2D eigenvalue weighted by Gasteiger charge is -2.20. The Kier molecular flexibility index (Phi) is 3.75. The van der Waals surface area contributed by atoms with Crippen LogP contribution >= 0.6 is 0 Å². The average Bonchev–Trinajstić information content (AvgIpc) is 2.75. The number of rotatable bonds is 4. The van der Waals surface area contributed by atoms with Crippen LogP contribution in [0.2, 0.25) is 0 Å². The third-order valence-corrected chi connectivity index (χ3v) is 3.07. The zero-order chi connectivity index (χ0) is 12.3. The molecule has 6 heteroatoms. The number of aromatic nitrogens is 2. The molecule has 1 saturated carbocycles. The molecule has 94 valence electrons. The van der Waals surface area contributed by atoms with Gasteiger partial charge in [0.15, 0.2) is 0 Å². The Morgan fingerprint density at radius 3 is 2.94 bits per heavy atom. The van der Waals surface area contributed by atoms with Crippen molar-refractivity contribution in [1.82, 2.24) is 9.97 Å². The zero-order valence-corrected chi connectivity index (χ0v) is 10.2. The number of anilines is 2. The lowest BCUT2D eigenvalue weighted by molar-refractivity contribution is 0.101. The second kappa shape index (κ2) is 5.29. The van der Waals surface area contributed by atoms with Crippen molar-refractivity contribution in [3.05, 3.63) is 11.8 Å². The molecular formula is C11H19N5O. The second-order valence-corrected chi connectivity index (χ2v) is 4.32. The van der Waals surface area contributed by atoms with Gasteiger partial charge in [0, 0.05) is 18.9 Å². The van der Waals surface area contributed by atoms with Crippen LogP contribution in [0.5, 0.6) is 0 Å². The maximum absolute atomic E-state index is 5.44. The van der Waals surface area contributed by atoms with Crippen molar-refractivity contribution >= 4 is 11.8 Å². The van der Waals surface area contributed by atoms with Crippen molar-refractivity contribution in [1.29, 1.82) is 0 Å². The van der Waals surface area contributed by atoms with Crippen LogP contribution in [0.1, 0.15) is 25.0 Å². The second-order valence-electron chi connectivity index (χ2n) is 4.32. The Balaban J connectivity index is 2.09. The van der Waals surface area contributed by atoms with Gasteiger partial charge in [-0.2, -0.15) is 4.98 Å². The van der Waals surface area contributed by atoms with Gasteiger partial charge in [-0.3, -0.25) is 5.43 Å². The average molecular weight is 237 g/mol. The fourth-order valence-electron chi connectivity index (χ4n) is 2.27. The normalized spacial score (nSPS) is 23.7. The van der Waals surface area contributed by atoms with Crippen molar-refractivity contribution in [2.45, 2.75) is 38.3 Å². The van der Waals surface area contributed by atoms with E-state index in [1.807, 2.05) is 13.0 Å². The van der Waals surface area contributed by atoms with Gasteiger partial charge < -0.3 is 10.1 Å². The van der Waals surface area contributed by atoms with E-state index in [1.54, 1.807) is 7.11 Å². The summed E-state index contributed by atoms with van der Waals surface area (Å²) in [4.78, 5) is 8.42. The fourth-order valence-corrected chi connectivity index (χ4v) is 2.27. The molecule has 0 aromatic carbocycles. The van der Waals surface area contributed by atoms with Crippen molar-refractivity contribution in [2.24, 2.45) is 5.84 Å². The summed E-state index contributed by atoms with van der Waals surface area (Å²) in [5.41, 5.74) is 3.34. The van der Waals surface area contributed by atoms with Gasteiger partial charge in [0.05, 0.1) is 12.1 Å². The summed E-state index contributed by atoms with van der Waals surface area (Å²) in [6.45, 7) is 1.91. The number of nitrogens with two attached hydrogens (primary N) is 1. The number of nitrogens with one attached hydrogen (secondary N) is 2. The van der Waals surface area contributed by atoms with Crippen LogP contribution in [-0.2, 0) is 4.74 Å². The lowest BCUT2D eigenvalue weighted by Crippen LogP contribution is -2.30. The van der Waals surface area contributed by atoms with Crippen molar-refractivity contribution in [2.75, 3.05) is 17.9 Å². The number of hydrazine groups is 1. The van der Waals surface area contributed by atoms with Gasteiger partial charge in [0.2, 0.25) is 5.95 Å². The number of nitrogen functional groups attached to an aromatic ring is 1. The summed E-state index contributed by atoms with van der Waals surface area (Å²) < 4.78 is 5.44. The zero-order valence-electron chi connectivity index (χ0n) is 10.2. The summed E-state index contributed by atoms with van der Waals surface area (Å²) in [5, 5.41) is 3.39. The molecule has 1 aliphatic rings. The maximum Gasteiger partial charge on any atom is 0.239 e. The molecule has 6 nitrogen and oxygen atoms in total. The van der Waals surface area contributed by atoms with E-state index in [9.17, 15) is 0 Å². The van der Waals surface area contributed by atoms with Crippen LogP contribution < -0.4 is 16.6 Å². The molecule has 1 fully saturated rings. The monoisotopic (exact) mass is 237 g/mol. The summed E-state index contributed by atoms with van der Waals surface area (Å²) in [5.74, 6) is 6.54. The quantitative estimate of drug-likeness (QED) is 0.536. The van der Waals surface area contributed by atoms with Crippen LogP contribution in [-0.4, -0.2) is 29.2 Å². The fraction of sp³-hybridized carbons (Fsp3) is 0.636. The molecule has 4 N–H and O–H groups in total. The number of methoxy groups -OCH3 is 1. The molecule has 2 unspecified atom stereocenters. The predicted octanol–water partition coefficient (Wildman–Crippen LogP) is 1.05. The summed E-state index contributed by atoms with van der Waals surface area (Å²) in [6.07, 6.45) is 3.65. The molecule has 0 bridgehead atoms. The molecule has 2 atom stereocenters. The highest BCUT2D eigenvalue weighted by atomic mass is 16.5. The minimum absolute atomic E-state index is 0.263. The van der Waals surface area contributed by atoms with E-state index >= 15 is 0 Å². The molecule has 0 amide bonds. The largest absolute Gasteiger partial charge is 0.379 e. The number of aryl methyl sites for hydroxylation is 1. The minimum Gasteiger partial charge on any atom is -0.379 e. The first kappa shape index (κ1) is 12.1. The minimum atomic E-state index is 0.263. The number of nitrogens with zero attached hydrogens (tertiary/aromatic N) is 2. The molecule has 1 aliphatic carbocycles. The highest BCUT2D eigenvalue weighted by molar-refractivity contribution is 5.42. The Morgan fingerprint density at radius 1 is 1.41 bits per heavy atom. The van der Waals surface area contributed by atoms with Gasteiger partial charge in [-0.1, -0.05) is 0 Å². The first-order chi connectivity index (χ1) is 8.22. The molecule has 0 saturated heterocycles. The molecule has 0 spiro atoms. The Morgan fingerprint density at radius 2 is 2.24 bits per heavy atom. The van der Waals surface area contributed by atoms with Crippen LogP contribution in [0.15, 0.2) is 6.07 Å². The third kappa shape index (κ3) is 2.83. The summed E-state index contributed by atoms with van der Waals surface area (Å²) in [7, 11) is 1.75. The first-order valence-electron chi connectivity index (χ1n) is 5.84. The third-order valence-electron chi connectivity index (χ3n) is 3.07. The van der Waals surface area contributed by atoms with Crippen molar-refractivity contribution in [3.63, 3.8) is 0 Å². The van der Waals surface area contributed by atoms with E-state index in [0.29, 0.717) is 12.0 Å². The number of hydrogen-bond acceptors (Lipinski definition) is 6. The topological polar surface area (TPSA) is 85.1 Å². The SMILES string of the molecule is COC1CCCC1Nc1cc(C)nc(NN)n1. The van der Waals surface area contributed by atoms with Crippen LogP contribution in [0.4, 0.5) is 11.8 Å². The molecule has 2 rings (SSSR count). The van der Waals surface area contributed by atoms with Gasteiger partial charge in [-0.25, -0.2) is 10.8 Å². The maximum atomic E-state index is 5.44. The molecule has 1 aromatic rings. The standard InChI is InChI=1S/C11H19N5O/c1-7-6-10(15-11(13-7)16-12)14-8-4-3-5-9(8)17-2/h6,8-9H,3-5,12H2,1-2H3,(H2,13,14,15,16). The molecule has 0 radical (unpaired) electrons. The van der Waals surface area contributed by atoms with E-state index in [-0.39, 0.29) is 6.10 Å². The highest BCUT2D eigenvalue weighted by Gasteiger charge is 2.27. The van der Waals surface area contributed by atoms with Gasteiger partial charge in [-0.15, -0.1) is 0 Å². The Hall–Kier alpha value is -1.40. The number of ether oxygens (including phenoxy) is 1. The molecule has 1 heterocycles. The highest BCUT2D eigenvalue weighted by Crippen LogP contribution is 2.24. The Bertz CT molecular complexity index is 384. The van der Waals surface area contributed by atoms with E-state index in [4.69, 9.17) is 10.6 Å². The molecule has 0 aliphatic heterocycles. The van der Waals surface area contributed by atoms with Gasteiger partial charge in [-0.05, 0) is 26.2 Å². The molecule has 1 aromatic heterocycles. The van der Waals surface area contributed by atoms with E-state index in [0.717, 1.165) is 24.4 Å². The van der Waals surface area contributed by atoms with E-state index in [2.05, 4.69) is 20.7 Å². The van der Waals surface area contributed by atoms with E-state index in [1.165, 1.54) is 6.42 Å². The predicted molar refractivity (Wildman–Crippen MR) is 66.6 cm³/mol. The molecule has 17 heavy (non-hydrogen) atoms. The van der Waals surface area contributed by atoms with Crippen LogP contribution in [0, 0.1) is 6.92 Å². The Labute approximate surface area is 101 Å². The van der Waals surface area contributed by atoms with Gasteiger partial charge in [0.1, 0.15) is 5.82 Å². The lowest BCUT2D eigenvalue weighted by atomic mass is 10.2. The first-order valence-corrected chi connectivity index (χ1v) is 5.84.